The monoisotopic (exact) mass is 314 g/mol. The molecular formula is C15H11ClN4O2. The molecule has 6 nitrogen and oxygen atoms in total. The van der Waals surface area contributed by atoms with Crippen LogP contribution in [0.1, 0.15) is 23.9 Å². The molecule has 3 rings (SSSR count). The van der Waals surface area contributed by atoms with Crippen molar-refractivity contribution in [3.63, 3.8) is 0 Å². The van der Waals surface area contributed by atoms with Crippen molar-refractivity contribution in [1.82, 2.24) is 14.8 Å². The molecule has 0 aliphatic carbocycles. The number of halogens is 1. The van der Waals surface area contributed by atoms with Crippen molar-refractivity contribution in [1.29, 1.82) is 5.26 Å². The van der Waals surface area contributed by atoms with Gasteiger partial charge in [0, 0.05) is 16.5 Å². The van der Waals surface area contributed by atoms with E-state index in [1.807, 2.05) is 13.0 Å². The molecule has 0 unspecified atom stereocenters. The number of aryl methyl sites for hydroxylation is 1. The van der Waals surface area contributed by atoms with Crippen molar-refractivity contribution in [3.05, 3.63) is 56.9 Å². The van der Waals surface area contributed by atoms with E-state index in [0.29, 0.717) is 22.7 Å². The van der Waals surface area contributed by atoms with Gasteiger partial charge in [-0.2, -0.15) is 5.26 Å². The van der Waals surface area contributed by atoms with Crippen LogP contribution in [-0.4, -0.2) is 14.8 Å². The van der Waals surface area contributed by atoms with E-state index in [1.165, 1.54) is 17.1 Å². The van der Waals surface area contributed by atoms with Crippen LogP contribution >= 0.6 is 11.6 Å². The van der Waals surface area contributed by atoms with Crippen molar-refractivity contribution in [2.24, 2.45) is 0 Å². The molecule has 0 atom stereocenters. The molecule has 0 N–H and O–H groups in total. The number of hydrogen-bond acceptors (Lipinski definition) is 5. The summed E-state index contributed by atoms with van der Waals surface area (Å²) < 4.78 is 6.75. The molecular weight excluding hydrogens is 304 g/mol. The van der Waals surface area contributed by atoms with Gasteiger partial charge in [0.2, 0.25) is 0 Å². The first-order chi connectivity index (χ1) is 10.6. The van der Waals surface area contributed by atoms with Gasteiger partial charge in [-0.1, -0.05) is 18.5 Å². The lowest BCUT2D eigenvalue weighted by Crippen LogP contribution is -2.06. The zero-order valence-electron chi connectivity index (χ0n) is 11.7. The third kappa shape index (κ3) is 2.59. The van der Waals surface area contributed by atoms with Gasteiger partial charge in [-0.15, -0.1) is 5.10 Å². The second-order valence-corrected chi connectivity index (χ2v) is 5.17. The summed E-state index contributed by atoms with van der Waals surface area (Å²) in [7, 11) is 0. The van der Waals surface area contributed by atoms with Crippen LogP contribution in [-0.2, 0) is 13.0 Å². The average Bonchev–Trinajstić information content (AvgIpc) is 2.95. The smallest absolute Gasteiger partial charge is 0.336 e. The maximum Gasteiger partial charge on any atom is 0.336 e. The normalized spacial score (nSPS) is 10.8. The van der Waals surface area contributed by atoms with Gasteiger partial charge in [-0.3, -0.25) is 0 Å². The highest BCUT2D eigenvalue weighted by Gasteiger charge is 2.11. The Hall–Kier alpha value is -2.65. The highest BCUT2D eigenvalue weighted by atomic mass is 35.5. The Morgan fingerprint density at radius 1 is 1.36 bits per heavy atom. The lowest BCUT2D eigenvalue weighted by molar-refractivity contribution is 0.555. The maximum absolute atomic E-state index is 11.7. The Kier molecular flexibility index (Phi) is 3.65. The first kappa shape index (κ1) is 14.3. The van der Waals surface area contributed by atoms with Gasteiger partial charge in [0.15, 0.2) is 0 Å². The Balaban J connectivity index is 2.14. The third-order valence-corrected chi connectivity index (χ3v) is 3.70. The molecule has 0 saturated carbocycles. The molecule has 0 radical (unpaired) electrons. The van der Waals surface area contributed by atoms with Gasteiger partial charge in [-0.05, 0) is 29.7 Å². The van der Waals surface area contributed by atoms with Gasteiger partial charge in [0.05, 0.1) is 6.54 Å². The summed E-state index contributed by atoms with van der Waals surface area (Å²) >= 11 is 6.25. The van der Waals surface area contributed by atoms with Gasteiger partial charge >= 0.3 is 5.63 Å². The van der Waals surface area contributed by atoms with Crippen molar-refractivity contribution in [3.8, 4) is 6.07 Å². The number of rotatable bonds is 3. The van der Waals surface area contributed by atoms with Gasteiger partial charge in [-0.25, -0.2) is 14.5 Å². The van der Waals surface area contributed by atoms with Gasteiger partial charge < -0.3 is 4.42 Å². The van der Waals surface area contributed by atoms with E-state index < -0.39 is 5.63 Å². The fraction of sp³-hybridized carbons (Fsp3) is 0.200. The number of nitrogens with zero attached hydrogens (tertiary/aromatic N) is 4. The average molecular weight is 315 g/mol. The van der Waals surface area contributed by atoms with Crippen LogP contribution in [0.2, 0.25) is 5.02 Å². The molecule has 0 amide bonds. The molecule has 0 fully saturated rings. The van der Waals surface area contributed by atoms with Crippen molar-refractivity contribution in [2.75, 3.05) is 0 Å². The molecule has 0 aliphatic rings. The van der Waals surface area contributed by atoms with E-state index in [4.69, 9.17) is 21.3 Å². The summed E-state index contributed by atoms with van der Waals surface area (Å²) in [5.74, 6) is 0.0820. The van der Waals surface area contributed by atoms with Crippen LogP contribution in [0.15, 0.2) is 33.7 Å². The molecule has 7 heteroatoms. The minimum atomic E-state index is -0.438. The molecule has 2 aromatic heterocycles. The Bertz CT molecular complexity index is 952. The number of hydrogen-bond donors (Lipinski definition) is 0. The van der Waals surface area contributed by atoms with E-state index in [-0.39, 0.29) is 5.82 Å². The van der Waals surface area contributed by atoms with Crippen LogP contribution in [0.25, 0.3) is 11.0 Å². The van der Waals surface area contributed by atoms with E-state index in [0.717, 1.165) is 17.4 Å². The first-order valence-electron chi connectivity index (χ1n) is 6.65. The number of fused-ring (bicyclic) bond motifs is 1. The largest absolute Gasteiger partial charge is 0.423 e. The summed E-state index contributed by atoms with van der Waals surface area (Å²) in [5, 5.41) is 14.1. The van der Waals surface area contributed by atoms with Crippen LogP contribution in [0.4, 0.5) is 0 Å². The van der Waals surface area contributed by atoms with E-state index in [1.54, 1.807) is 12.1 Å². The molecule has 110 valence electrons. The zero-order valence-corrected chi connectivity index (χ0v) is 12.5. The minimum absolute atomic E-state index is 0.0820. The Morgan fingerprint density at radius 3 is 2.86 bits per heavy atom. The van der Waals surface area contributed by atoms with Crippen LogP contribution in [0.5, 0.6) is 0 Å². The lowest BCUT2D eigenvalue weighted by atomic mass is 10.1. The van der Waals surface area contributed by atoms with Crippen molar-refractivity contribution in [2.45, 2.75) is 19.9 Å². The first-order valence-corrected chi connectivity index (χ1v) is 7.03. The third-order valence-electron chi connectivity index (χ3n) is 3.35. The SMILES string of the molecule is CCc1cc2oc(=O)cc(Cn3cnc(C#N)n3)c2cc1Cl. The standard InChI is InChI=1S/C15H11ClN4O2/c1-2-9-3-13-11(5-12(9)16)10(4-15(21)22-13)7-20-8-18-14(6-17)19-20/h3-5,8H,2,7H2,1H3. The van der Waals surface area contributed by atoms with Crippen LogP contribution < -0.4 is 5.63 Å². The molecule has 3 aromatic rings. The minimum Gasteiger partial charge on any atom is -0.423 e. The number of nitriles is 1. The Morgan fingerprint density at radius 2 is 2.18 bits per heavy atom. The van der Waals surface area contributed by atoms with Crippen molar-refractivity contribution >= 4 is 22.6 Å². The summed E-state index contributed by atoms with van der Waals surface area (Å²) in [6.45, 7) is 2.28. The van der Waals surface area contributed by atoms with Gasteiger partial charge in [0.1, 0.15) is 18.0 Å². The molecule has 0 aliphatic heterocycles. The van der Waals surface area contributed by atoms with E-state index in [9.17, 15) is 4.79 Å². The number of benzene rings is 1. The highest BCUT2D eigenvalue weighted by molar-refractivity contribution is 6.32. The second kappa shape index (κ2) is 5.62. The molecule has 0 saturated heterocycles. The zero-order chi connectivity index (χ0) is 15.7. The fourth-order valence-corrected chi connectivity index (χ4v) is 2.58. The second-order valence-electron chi connectivity index (χ2n) is 4.76. The topological polar surface area (TPSA) is 84.7 Å². The summed E-state index contributed by atoms with van der Waals surface area (Å²) in [6, 6.07) is 6.83. The van der Waals surface area contributed by atoms with Crippen molar-refractivity contribution < 1.29 is 4.42 Å². The quantitative estimate of drug-likeness (QED) is 0.693. The molecule has 1 aromatic carbocycles. The highest BCUT2D eigenvalue weighted by Crippen LogP contribution is 2.26. The predicted octanol–water partition coefficient (Wildman–Crippen LogP) is 2.52. The molecule has 22 heavy (non-hydrogen) atoms. The summed E-state index contributed by atoms with van der Waals surface area (Å²) in [4.78, 5) is 15.6. The maximum atomic E-state index is 11.7. The Labute approximate surface area is 130 Å². The molecule has 0 spiro atoms. The lowest BCUT2D eigenvalue weighted by Gasteiger charge is -2.08. The van der Waals surface area contributed by atoms with E-state index >= 15 is 0 Å². The molecule has 0 bridgehead atoms. The number of aromatic nitrogens is 3. The molecule has 2 heterocycles. The summed E-state index contributed by atoms with van der Waals surface area (Å²) in [6.07, 6.45) is 2.19. The predicted molar refractivity (Wildman–Crippen MR) is 80.7 cm³/mol. The van der Waals surface area contributed by atoms with Crippen LogP contribution in [0.3, 0.4) is 0 Å². The fourth-order valence-electron chi connectivity index (χ4n) is 2.29. The summed E-state index contributed by atoms with van der Waals surface area (Å²) in [5.41, 5.74) is 1.68. The van der Waals surface area contributed by atoms with Crippen LogP contribution in [0, 0.1) is 11.3 Å². The van der Waals surface area contributed by atoms with E-state index in [2.05, 4.69) is 10.1 Å². The van der Waals surface area contributed by atoms with Gasteiger partial charge in [0.25, 0.3) is 5.82 Å².